The highest BCUT2D eigenvalue weighted by molar-refractivity contribution is 7.13. The first-order valence-electron chi connectivity index (χ1n) is 10.6. The van der Waals surface area contributed by atoms with Gasteiger partial charge in [-0.1, -0.05) is 13.8 Å². The minimum absolute atomic E-state index is 0.0564. The smallest absolute Gasteiger partial charge is 0.185 e. The van der Waals surface area contributed by atoms with Gasteiger partial charge in [0.25, 0.3) is 0 Å². The number of ether oxygens (including phenoxy) is 2. The molecule has 0 radical (unpaired) electrons. The van der Waals surface area contributed by atoms with Crippen molar-refractivity contribution in [1.29, 1.82) is 0 Å². The summed E-state index contributed by atoms with van der Waals surface area (Å²) in [5.74, 6) is 1.23. The van der Waals surface area contributed by atoms with Crippen molar-refractivity contribution < 1.29 is 9.47 Å². The zero-order valence-corrected chi connectivity index (χ0v) is 19.3. The lowest BCUT2D eigenvalue weighted by molar-refractivity contribution is 0.172. The Kier molecular flexibility index (Phi) is 6.16. The lowest BCUT2D eigenvalue weighted by atomic mass is 9.86. The molecular formula is C24H29N3O3S. The van der Waals surface area contributed by atoms with Crippen LogP contribution in [-0.2, 0) is 11.2 Å². The number of aryl methyl sites for hydroxylation is 1. The summed E-state index contributed by atoms with van der Waals surface area (Å²) in [6.45, 7) is 7.53. The largest absolute Gasteiger partial charge is 0.493 e. The highest BCUT2D eigenvalue weighted by atomic mass is 32.1. The number of fused-ring (bicyclic) bond motifs is 3. The van der Waals surface area contributed by atoms with Crippen LogP contribution in [-0.4, -0.2) is 29.9 Å². The molecule has 6 nitrogen and oxygen atoms in total. The molecule has 164 valence electrons. The van der Waals surface area contributed by atoms with E-state index < -0.39 is 0 Å². The second-order valence-corrected chi connectivity index (χ2v) is 9.29. The number of benzene rings is 1. The quantitative estimate of drug-likeness (QED) is 0.540. The number of rotatable bonds is 7. The summed E-state index contributed by atoms with van der Waals surface area (Å²) in [7, 11) is 1.69. The maximum absolute atomic E-state index is 12.5. The highest BCUT2D eigenvalue weighted by Crippen LogP contribution is 2.43. The Hall–Kier alpha value is -2.64. The molecule has 7 heteroatoms. The van der Waals surface area contributed by atoms with Crippen LogP contribution < -0.4 is 15.9 Å². The van der Waals surface area contributed by atoms with Crippen LogP contribution in [0.4, 0.5) is 5.13 Å². The van der Waals surface area contributed by atoms with E-state index in [1.54, 1.807) is 13.2 Å². The van der Waals surface area contributed by atoms with Gasteiger partial charge in [0.2, 0.25) is 0 Å². The van der Waals surface area contributed by atoms with E-state index in [1.165, 1.54) is 16.9 Å². The molecule has 0 fully saturated rings. The third kappa shape index (κ3) is 4.25. The SMILES string of the molecule is COCCCOc1cc2c(cc1-c1csc(N)n1)-c1cc(=O)c(C)cn1C(C(C)C)C2. The standard InChI is InChI=1S/C24H29N3O3S/c1-14(2)20-8-16-9-23(30-7-5-6-29-4)18(19-13-31-24(25)26-19)10-17(16)21-11-22(28)15(3)12-27(20)21/h9-14,20H,5-8H2,1-4H3,(H2,25,26). The molecule has 3 aromatic rings. The molecule has 1 aliphatic heterocycles. The molecule has 1 aliphatic rings. The zero-order valence-electron chi connectivity index (χ0n) is 18.5. The minimum atomic E-state index is 0.0564. The van der Waals surface area contributed by atoms with Gasteiger partial charge < -0.3 is 19.8 Å². The molecule has 2 aromatic heterocycles. The molecule has 3 heterocycles. The van der Waals surface area contributed by atoms with Crippen molar-refractivity contribution in [3.8, 4) is 28.3 Å². The molecule has 4 rings (SSSR count). The first-order valence-corrected chi connectivity index (χ1v) is 11.5. The summed E-state index contributed by atoms with van der Waals surface area (Å²) >= 11 is 1.41. The molecule has 31 heavy (non-hydrogen) atoms. The van der Waals surface area contributed by atoms with Crippen molar-refractivity contribution in [3.63, 3.8) is 0 Å². The van der Waals surface area contributed by atoms with Gasteiger partial charge in [-0.3, -0.25) is 4.79 Å². The van der Waals surface area contributed by atoms with Crippen LogP contribution in [0.3, 0.4) is 0 Å². The van der Waals surface area contributed by atoms with Gasteiger partial charge in [-0.2, -0.15) is 0 Å². The van der Waals surface area contributed by atoms with Crippen LogP contribution in [0.15, 0.2) is 34.6 Å². The number of hydrogen-bond acceptors (Lipinski definition) is 6. The molecular weight excluding hydrogens is 410 g/mol. The molecule has 1 atom stereocenters. The molecule has 0 spiro atoms. The molecule has 1 aromatic carbocycles. The number of thiazole rings is 1. The fourth-order valence-electron chi connectivity index (χ4n) is 4.17. The van der Waals surface area contributed by atoms with Gasteiger partial charge in [-0.15, -0.1) is 11.3 Å². The van der Waals surface area contributed by atoms with Crippen LogP contribution in [0, 0.1) is 12.8 Å². The predicted octanol–water partition coefficient (Wildman–Crippen LogP) is 4.70. The van der Waals surface area contributed by atoms with Crippen molar-refractivity contribution in [2.75, 3.05) is 26.1 Å². The van der Waals surface area contributed by atoms with E-state index in [0.717, 1.165) is 46.7 Å². The number of nitrogens with two attached hydrogens (primary N) is 1. The van der Waals surface area contributed by atoms with Crippen molar-refractivity contribution >= 4 is 16.5 Å². The van der Waals surface area contributed by atoms with Crippen molar-refractivity contribution in [1.82, 2.24) is 9.55 Å². The molecule has 0 bridgehead atoms. The summed E-state index contributed by atoms with van der Waals surface area (Å²) in [6.07, 6.45) is 3.69. The lowest BCUT2D eigenvalue weighted by Gasteiger charge is -2.34. The van der Waals surface area contributed by atoms with Crippen molar-refractivity contribution in [2.24, 2.45) is 5.92 Å². The summed E-state index contributed by atoms with van der Waals surface area (Å²) in [6, 6.07) is 6.27. The number of aromatic nitrogens is 2. The molecule has 1 unspecified atom stereocenters. The fourth-order valence-corrected chi connectivity index (χ4v) is 4.73. The Bertz CT molecular complexity index is 1150. The number of nitrogens with zero attached hydrogens (tertiary/aromatic N) is 2. The maximum atomic E-state index is 12.5. The van der Waals surface area contributed by atoms with Crippen LogP contribution in [0.25, 0.3) is 22.5 Å². The number of nitrogen functional groups attached to an aromatic ring is 1. The average Bonchev–Trinajstić information content (AvgIpc) is 3.17. The van der Waals surface area contributed by atoms with Gasteiger partial charge >= 0.3 is 0 Å². The molecule has 0 saturated heterocycles. The average molecular weight is 440 g/mol. The predicted molar refractivity (Wildman–Crippen MR) is 126 cm³/mol. The van der Waals surface area contributed by atoms with E-state index in [0.29, 0.717) is 24.3 Å². The number of pyridine rings is 1. The number of anilines is 1. The Balaban J connectivity index is 1.87. The summed E-state index contributed by atoms with van der Waals surface area (Å²) in [5.41, 5.74) is 11.6. The lowest BCUT2D eigenvalue weighted by Crippen LogP contribution is -2.26. The molecule has 0 aliphatic carbocycles. The van der Waals surface area contributed by atoms with Crippen LogP contribution in [0.1, 0.15) is 37.4 Å². The van der Waals surface area contributed by atoms with E-state index in [4.69, 9.17) is 15.2 Å². The molecule has 2 N–H and O–H groups in total. The van der Waals surface area contributed by atoms with Gasteiger partial charge in [0, 0.05) is 60.5 Å². The third-order valence-electron chi connectivity index (χ3n) is 5.85. The minimum Gasteiger partial charge on any atom is -0.493 e. The van der Waals surface area contributed by atoms with Gasteiger partial charge in [0.1, 0.15) is 5.75 Å². The van der Waals surface area contributed by atoms with E-state index in [-0.39, 0.29) is 11.5 Å². The Morgan fingerprint density at radius 3 is 2.74 bits per heavy atom. The molecule has 0 amide bonds. The number of hydrogen-bond donors (Lipinski definition) is 1. The maximum Gasteiger partial charge on any atom is 0.185 e. The Labute approximate surface area is 186 Å². The van der Waals surface area contributed by atoms with Gasteiger partial charge in [0.15, 0.2) is 10.6 Å². The summed E-state index contributed by atoms with van der Waals surface area (Å²) < 4.78 is 13.6. The van der Waals surface area contributed by atoms with Crippen LogP contribution in [0.5, 0.6) is 5.75 Å². The van der Waals surface area contributed by atoms with E-state index in [9.17, 15) is 4.79 Å². The van der Waals surface area contributed by atoms with Crippen LogP contribution in [0.2, 0.25) is 0 Å². The normalized spacial score (nSPS) is 15.1. The monoisotopic (exact) mass is 439 g/mol. The van der Waals surface area contributed by atoms with E-state index in [1.807, 2.05) is 18.5 Å². The van der Waals surface area contributed by atoms with E-state index in [2.05, 4.69) is 35.5 Å². The van der Waals surface area contributed by atoms with Crippen molar-refractivity contribution in [2.45, 2.75) is 39.7 Å². The molecule has 0 saturated carbocycles. The van der Waals surface area contributed by atoms with Gasteiger partial charge in [0.05, 0.1) is 18.0 Å². The van der Waals surface area contributed by atoms with Crippen LogP contribution >= 0.6 is 11.3 Å². The summed E-state index contributed by atoms with van der Waals surface area (Å²) in [5, 5.41) is 2.46. The Morgan fingerprint density at radius 2 is 2.06 bits per heavy atom. The number of methoxy groups -OCH3 is 1. The third-order valence-corrected chi connectivity index (χ3v) is 6.53. The van der Waals surface area contributed by atoms with Gasteiger partial charge in [-0.25, -0.2) is 4.98 Å². The van der Waals surface area contributed by atoms with Gasteiger partial charge in [-0.05, 0) is 37.0 Å². The van der Waals surface area contributed by atoms with E-state index >= 15 is 0 Å². The van der Waals surface area contributed by atoms with Crippen molar-refractivity contribution in [3.05, 3.63) is 51.1 Å². The Morgan fingerprint density at radius 1 is 1.26 bits per heavy atom. The highest BCUT2D eigenvalue weighted by Gasteiger charge is 2.28. The first kappa shape index (κ1) is 21.6. The second-order valence-electron chi connectivity index (χ2n) is 8.40. The fraction of sp³-hybridized carbons (Fsp3) is 0.417. The second kappa shape index (κ2) is 8.85. The zero-order chi connectivity index (χ0) is 22.1. The summed E-state index contributed by atoms with van der Waals surface area (Å²) in [4.78, 5) is 17.0. The topological polar surface area (TPSA) is 79.4 Å². The first-order chi connectivity index (χ1) is 14.9.